The Morgan fingerprint density at radius 1 is 0.944 bits per heavy atom. The summed E-state index contributed by atoms with van der Waals surface area (Å²) >= 11 is 0. The summed E-state index contributed by atoms with van der Waals surface area (Å²) in [6, 6.07) is 7.65. The fourth-order valence-corrected chi connectivity index (χ4v) is 2.00. The van der Waals surface area contributed by atoms with Crippen LogP contribution in [0.2, 0.25) is 0 Å². The monoisotopic (exact) mass is 237 g/mol. The van der Waals surface area contributed by atoms with E-state index in [9.17, 15) is 5.11 Å². The summed E-state index contributed by atoms with van der Waals surface area (Å²) < 4.78 is 0. The Kier molecular flexibility index (Phi) is 2.70. The first-order valence-corrected chi connectivity index (χ1v) is 5.63. The highest BCUT2D eigenvalue weighted by molar-refractivity contribution is 5.85. The van der Waals surface area contributed by atoms with Crippen molar-refractivity contribution >= 4 is 10.8 Å². The Hall–Kier alpha value is -2.33. The van der Waals surface area contributed by atoms with Gasteiger partial charge in [-0.05, 0) is 17.0 Å². The molecule has 0 bridgehead atoms. The van der Waals surface area contributed by atoms with Gasteiger partial charge in [0.15, 0.2) is 0 Å². The molecule has 0 aliphatic heterocycles. The molecule has 4 heteroatoms. The van der Waals surface area contributed by atoms with Gasteiger partial charge in [-0.2, -0.15) is 0 Å². The number of rotatable bonds is 2. The van der Waals surface area contributed by atoms with Crippen LogP contribution in [0.5, 0.6) is 0 Å². The van der Waals surface area contributed by atoms with Gasteiger partial charge < -0.3 is 5.11 Å². The minimum absolute atomic E-state index is 0.543. The average molecular weight is 237 g/mol. The molecule has 3 rings (SSSR count). The van der Waals surface area contributed by atoms with E-state index in [2.05, 4.69) is 15.0 Å². The molecule has 0 aliphatic carbocycles. The topological polar surface area (TPSA) is 58.9 Å². The molecule has 0 saturated heterocycles. The summed E-state index contributed by atoms with van der Waals surface area (Å²) in [5, 5.41) is 12.3. The van der Waals surface area contributed by atoms with Crippen LogP contribution in [0, 0.1) is 0 Å². The van der Waals surface area contributed by atoms with Crippen molar-refractivity contribution in [3.63, 3.8) is 0 Å². The average Bonchev–Trinajstić information content (AvgIpc) is 2.47. The summed E-state index contributed by atoms with van der Waals surface area (Å²) in [6.45, 7) is 0. The van der Waals surface area contributed by atoms with E-state index < -0.39 is 6.10 Å². The molecule has 4 nitrogen and oxygen atoms in total. The van der Waals surface area contributed by atoms with Crippen molar-refractivity contribution in [2.45, 2.75) is 6.10 Å². The Morgan fingerprint density at radius 3 is 2.67 bits per heavy atom. The molecule has 3 aromatic rings. The van der Waals surface area contributed by atoms with Gasteiger partial charge in [-0.25, -0.2) is 0 Å². The quantitative estimate of drug-likeness (QED) is 0.741. The van der Waals surface area contributed by atoms with E-state index in [0.717, 1.165) is 16.3 Å². The van der Waals surface area contributed by atoms with Crippen LogP contribution in [-0.2, 0) is 0 Å². The van der Waals surface area contributed by atoms with Crippen molar-refractivity contribution in [2.24, 2.45) is 0 Å². The van der Waals surface area contributed by atoms with Gasteiger partial charge in [0.2, 0.25) is 0 Å². The molecule has 0 spiro atoms. The Balaban J connectivity index is 2.15. The maximum atomic E-state index is 10.4. The normalized spacial score (nSPS) is 12.5. The summed E-state index contributed by atoms with van der Waals surface area (Å²) in [5.41, 5.74) is 1.36. The van der Waals surface area contributed by atoms with Crippen molar-refractivity contribution in [1.29, 1.82) is 0 Å². The second kappa shape index (κ2) is 4.50. The molecule has 1 atom stereocenters. The molecular formula is C14H11N3O. The van der Waals surface area contributed by atoms with Crippen LogP contribution in [-0.4, -0.2) is 20.1 Å². The molecule has 1 aromatic carbocycles. The summed E-state index contributed by atoms with van der Waals surface area (Å²) in [4.78, 5) is 12.2. The summed E-state index contributed by atoms with van der Waals surface area (Å²) in [5.74, 6) is 0. The highest BCUT2D eigenvalue weighted by atomic mass is 16.3. The molecule has 0 saturated carbocycles. The van der Waals surface area contributed by atoms with Gasteiger partial charge >= 0.3 is 0 Å². The fraction of sp³-hybridized carbons (Fsp3) is 0.0714. The van der Waals surface area contributed by atoms with Gasteiger partial charge in [-0.3, -0.25) is 15.0 Å². The fourth-order valence-electron chi connectivity index (χ4n) is 2.00. The number of aliphatic hydroxyl groups is 1. The smallest absolute Gasteiger partial charge is 0.123 e. The lowest BCUT2D eigenvalue weighted by molar-refractivity contribution is 0.216. The number of nitrogens with zero attached hydrogens (tertiary/aromatic N) is 3. The van der Waals surface area contributed by atoms with Crippen LogP contribution in [0.1, 0.15) is 17.4 Å². The van der Waals surface area contributed by atoms with Crippen molar-refractivity contribution < 1.29 is 5.11 Å². The second-order valence-electron chi connectivity index (χ2n) is 3.98. The van der Waals surface area contributed by atoms with Gasteiger partial charge in [0.05, 0.1) is 11.9 Å². The van der Waals surface area contributed by atoms with Gasteiger partial charge in [0, 0.05) is 30.2 Å². The predicted octanol–water partition coefficient (Wildman–Crippen LogP) is 2.11. The molecule has 2 heterocycles. The summed E-state index contributed by atoms with van der Waals surface area (Å²) in [7, 11) is 0. The number of hydrogen-bond acceptors (Lipinski definition) is 4. The molecule has 0 radical (unpaired) electrons. The molecule has 1 unspecified atom stereocenters. The minimum Gasteiger partial charge on any atom is -0.382 e. The summed E-state index contributed by atoms with van der Waals surface area (Å²) in [6.07, 6.45) is 7.46. The van der Waals surface area contributed by atoms with E-state index in [0.29, 0.717) is 5.69 Å². The van der Waals surface area contributed by atoms with Crippen LogP contribution in [0.15, 0.2) is 55.2 Å². The Morgan fingerprint density at radius 2 is 1.83 bits per heavy atom. The lowest BCUT2D eigenvalue weighted by atomic mass is 10.0. The molecule has 88 valence electrons. The van der Waals surface area contributed by atoms with Crippen LogP contribution < -0.4 is 0 Å². The van der Waals surface area contributed by atoms with Gasteiger partial charge in [0.25, 0.3) is 0 Å². The van der Waals surface area contributed by atoms with Crippen molar-refractivity contribution in [1.82, 2.24) is 15.0 Å². The number of fused-ring (bicyclic) bond motifs is 1. The van der Waals surface area contributed by atoms with Gasteiger partial charge in [-0.1, -0.05) is 18.2 Å². The van der Waals surface area contributed by atoms with Gasteiger partial charge in [0.1, 0.15) is 6.10 Å². The first kappa shape index (κ1) is 10.8. The zero-order chi connectivity index (χ0) is 12.4. The third-order valence-electron chi connectivity index (χ3n) is 2.87. The second-order valence-corrected chi connectivity index (χ2v) is 3.98. The van der Waals surface area contributed by atoms with E-state index in [1.807, 2.05) is 24.3 Å². The largest absolute Gasteiger partial charge is 0.382 e. The maximum Gasteiger partial charge on any atom is 0.123 e. The molecule has 1 N–H and O–H groups in total. The number of aliphatic hydroxyl groups excluding tert-OH is 1. The molecule has 0 aliphatic rings. The van der Waals surface area contributed by atoms with Crippen molar-refractivity contribution in [2.75, 3.05) is 0 Å². The van der Waals surface area contributed by atoms with Crippen LogP contribution >= 0.6 is 0 Å². The molecule has 2 aromatic heterocycles. The lowest BCUT2D eigenvalue weighted by Gasteiger charge is -2.12. The van der Waals surface area contributed by atoms with Crippen LogP contribution in [0.25, 0.3) is 10.8 Å². The van der Waals surface area contributed by atoms with Crippen LogP contribution in [0.4, 0.5) is 0 Å². The maximum absolute atomic E-state index is 10.4. The lowest BCUT2D eigenvalue weighted by Crippen LogP contribution is -2.03. The van der Waals surface area contributed by atoms with E-state index >= 15 is 0 Å². The molecule has 0 fully saturated rings. The highest BCUT2D eigenvalue weighted by Gasteiger charge is 2.14. The number of aromatic nitrogens is 3. The van der Waals surface area contributed by atoms with E-state index in [-0.39, 0.29) is 0 Å². The third kappa shape index (κ3) is 1.83. The first-order valence-electron chi connectivity index (χ1n) is 5.63. The number of benzene rings is 1. The first-order chi connectivity index (χ1) is 8.86. The minimum atomic E-state index is -0.773. The zero-order valence-electron chi connectivity index (χ0n) is 9.56. The molecule has 0 amide bonds. The van der Waals surface area contributed by atoms with Gasteiger partial charge in [-0.15, -0.1) is 0 Å². The van der Waals surface area contributed by atoms with E-state index in [1.54, 1.807) is 31.0 Å². The van der Waals surface area contributed by atoms with Crippen molar-refractivity contribution in [3.05, 3.63) is 66.5 Å². The number of pyridine rings is 1. The van der Waals surface area contributed by atoms with Crippen LogP contribution in [0.3, 0.4) is 0 Å². The number of hydrogen-bond donors (Lipinski definition) is 1. The molecular weight excluding hydrogens is 226 g/mol. The van der Waals surface area contributed by atoms with E-state index in [4.69, 9.17) is 0 Å². The Labute approximate surface area is 104 Å². The Bertz CT molecular complexity index is 665. The van der Waals surface area contributed by atoms with Crippen molar-refractivity contribution in [3.8, 4) is 0 Å². The zero-order valence-corrected chi connectivity index (χ0v) is 9.56. The standard InChI is InChI=1S/C14H11N3O/c18-14(13-9-16-6-7-17-13)12-3-1-2-10-8-15-5-4-11(10)12/h1-9,14,18H. The predicted molar refractivity (Wildman–Crippen MR) is 67.8 cm³/mol. The molecule has 18 heavy (non-hydrogen) atoms. The highest BCUT2D eigenvalue weighted by Crippen LogP contribution is 2.26. The SMILES string of the molecule is OC(c1cnccn1)c1cccc2cnccc12. The third-order valence-corrected chi connectivity index (χ3v) is 2.87. The van der Waals surface area contributed by atoms with E-state index in [1.165, 1.54) is 0 Å².